The molecule has 0 aliphatic heterocycles. The van der Waals surface area contributed by atoms with Crippen molar-refractivity contribution in [3.05, 3.63) is 35.9 Å². The first-order chi connectivity index (χ1) is 9.26. The van der Waals surface area contributed by atoms with Crippen LogP contribution in [0.1, 0.15) is 46.1 Å². The molecule has 1 aromatic carbocycles. The molecule has 0 radical (unpaired) electrons. The summed E-state index contributed by atoms with van der Waals surface area (Å²) in [5, 5.41) is 0. The topological polar surface area (TPSA) is 43.4 Å². The minimum Gasteiger partial charge on any atom is -0.461 e. The van der Waals surface area contributed by atoms with Gasteiger partial charge in [-0.1, -0.05) is 30.3 Å². The molecule has 0 unspecified atom stereocenters. The van der Waals surface area contributed by atoms with E-state index in [0.717, 1.165) is 5.56 Å². The van der Waals surface area contributed by atoms with Crippen molar-refractivity contribution < 1.29 is 14.3 Å². The zero-order chi connectivity index (χ0) is 15.0. The predicted molar refractivity (Wildman–Crippen MR) is 77.4 cm³/mol. The van der Waals surface area contributed by atoms with Gasteiger partial charge in [-0.3, -0.25) is 9.59 Å². The maximum Gasteiger partial charge on any atom is 0.311 e. The van der Waals surface area contributed by atoms with E-state index in [9.17, 15) is 9.59 Å². The van der Waals surface area contributed by atoms with Crippen LogP contribution in [0.5, 0.6) is 0 Å². The molecule has 1 saturated carbocycles. The van der Waals surface area contributed by atoms with Gasteiger partial charge >= 0.3 is 5.97 Å². The molecular weight excluding hydrogens is 252 g/mol. The van der Waals surface area contributed by atoms with Gasteiger partial charge < -0.3 is 4.74 Å². The SMILES string of the molecule is CC(C)(C)C(=O)O[C@@H]1CCC(=O)[C@@]1(C)c1ccccc1. The lowest BCUT2D eigenvalue weighted by Crippen LogP contribution is -2.42. The zero-order valence-electron chi connectivity index (χ0n) is 12.6. The number of ketones is 1. The number of benzene rings is 1. The van der Waals surface area contributed by atoms with E-state index in [4.69, 9.17) is 4.74 Å². The number of carbonyl (C=O) groups is 2. The molecular formula is C17H22O3. The molecule has 0 heterocycles. The van der Waals surface area contributed by atoms with Gasteiger partial charge in [0.25, 0.3) is 0 Å². The second-order valence-corrected chi connectivity index (χ2v) is 6.67. The molecule has 0 amide bonds. The first-order valence-electron chi connectivity index (χ1n) is 7.06. The molecule has 3 heteroatoms. The predicted octanol–water partition coefficient (Wildman–Crippen LogP) is 3.27. The van der Waals surface area contributed by atoms with Crippen LogP contribution >= 0.6 is 0 Å². The van der Waals surface area contributed by atoms with Gasteiger partial charge in [-0.25, -0.2) is 0 Å². The van der Waals surface area contributed by atoms with Crippen molar-refractivity contribution in [3.63, 3.8) is 0 Å². The summed E-state index contributed by atoms with van der Waals surface area (Å²) in [4.78, 5) is 24.5. The van der Waals surface area contributed by atoms with Crippen LogP contribution in [0.2, 0.25) is 0 Å². The number of esters is 1. The van der Waals surface area contributed by atoms with Gasteiger partial charge in [-0.05, 0) is 39.7 Å². The molecule has 0 N–H and O–H groups in total. The Morgan fingerprint density at radius 1 is 1.25 bits per heavy atom. The van der Waals surface area contributed by atoms with Gasteiger partial charge in [0.1, 0.15) is 11.9 Å². The minimum absolute atomic E-state index is 0.149. The third kappa shape index (κ3) is 2.49. The lowest BCUT2D eigenvalue weighted by molar-refractivity contribution is -0.161. The van der Waals surface area contributed by atoms with Crippen LogP contribution in [0.25, 0.3) is 0 Å². The van der Waals surface area contributed by atoms with Crippen LogP contribution < -0.4 is 0 Å². The number of carbonyl (C=O) groups excluding carboxylic acids is 2. The molecule has 0 bridgehead atoms. The fourth-order valence-corrected chi connectivity index (χ4v) is 2.60. The van der Waals surface area contributed by atoms with Crippen molar-refractivity contribution in [2.45, 2.75) is 52.1 Å². The van der Waals surface area contributed by atoms with E-state index < -0.39 is 10.8 Å². The Morgan fingerprint density at radius 2 is 1.85 bits per heavy atom. The summed E-state index contributed by atoms with van der Waals surface area (Å²) in [6.45, 7) is 7.36. The van der Waals surface area contributed by atoms with Crippen LogP contribution in [-0.4, -0.2) is 17.9 Å². The van der Waals surface area contributed by atoms with Crippen molar-refractivity contribution in [2.24, 2.45) is 5.41 Å². The van der Waals surface area contributed by atoms with E-state index in [2.05, 4.69) is 0 Å². The van der Waals surface area contributed by atoms with Crippen molar-refractivity contribution in [3.8, 4) is 0 Å². The van der Waals surface area contributed by atoms with Crippen molar-refractivity contribution in [1.82, 2.24) is 0 Å². The van der Waals surface area contributed by atoms with Crippen LogP contribution in [0.3, 0.4) is 0 Å². The first-order valence-corrected chi connectivity index (χ1v) is 7.06. The van der Waals surface area contributed by atoms with Crippen molar-refractivity contribution in [1.29, 1.82) is 0 Å². The van der Waals surface area contributed by atoms with Crippen molar-refractivity contribution >= 4 is 11.8 Å². The monoisotopic (exact) mass is 274 g/mol. The number of Topliss-reactive ketones (excluding diaryl/α,β-unsaturated/α-hetero) is 1. The molecule has 3 nitrogen and oxygen atoms in total. The average Bonchev–Trinajstić information content (AvgIpc) is 2.68. The summed E-state index contributed by atoms with van der Waals surface area (Å²) in [5.74, 6) is -0.102. The highest BCUT2D eigenvalue weighted by molar-refractivity contribution is 5.93. The lowest BCUT2D eigenvalue weighted by atomic mass is 9.78. The summed E-state index contributed by atoms with van der Waals surface area (Å²) in [6.07, 6.45) is 0.698. The van der Waals surface area contributed by atoms with E-state index in [0.29, 0.717) is 12.8 Å². The van der Waals surface area contributed by atoms with Crippen LogP contribution in [0, 0.1) is 5.41 Å². The second kappa shape index (κ2) is 5.04. The molecule has 1 fully saturated rings. The molecule has 1 aliphatic rings. The maximum atomic E-state index is 12.3. The third-order valence-corrected chi connectivity index (χ3v) is 4.09. The average molecular weight is 274 g/mol. The van der Waals surface area contributed by atoms with E-state index in [-0.39, 0.29) is 17.9 Å². The molecule has 0 aromatic heterocycles. The highest BCUT2D eigenvalue weighted by Gasteiger charge is 2.50. The molecule has 0 saturated heterocycles. The molecule has 20 heavy (non-hydrogen) atoms. The zero-order valence-corrected chi connectivity index (χ0v) is 12.6. The van der Waals surface area contributed by atoms with E-state index in [1.165, 1.54) is 0 Å². The Hall–Kier alpha value is -1.64. The van der Waals surface area contributed by atoms with Gasteiger partial charge in [0.15, 0.2) is 0 Å². The fourth-order valence-electron chi connectivity index (χ4n) is 2.60. The Labute approximate surface area is 120 Å². The standard InChI is InChI=1S/C17H22O3/c1-16(2,3)15(19)20-14-11-10-13(18)17(14,4)12-8-6-5-7-9-12/h5-9,14H,10-11H2,1-4H3/t14-,17-/m1/s1. The number of hydrogen-bond donors (Lipinski definition) is 0. The highest BCUT2D eigenvalue weighted by atomic mass is 16.5. The lowest BCUT2D eigenvalue weighted by Gasteiger charge is -2.32. The number of hydrogen-bond acceptors (Lipinski definition) is 3. The summed E-state index contributed by atoms with van der Waals surface area (Å²) < 4.78 is 5.66. The second-order valence-electron chi connectivity index (χ2n) is 6.67. The molecule has 108 valence electrons. The Bertz CT molecular complexity index is 513. The fraction of sp³-hybridized carbons (Fsp3) is 0.529. The van der Waals surface area contributed by atoms with Crippen LogP contribution in [-0.2, 0) is 19.7 Å². The smallest absolute Gasteiger partial charge is 0.311 e. The van der Waals surface area contributed by atoms with Crippen molar-refractivity contribution in [2.75, 3.05) is 0 Å². The molecule has 2 rings (SSSR count). The molecule has 0 spiro atoms. The number of ether oxygens (including phenoxy) is 1. The van der Waals surface area contributed by atoms with E-state index in [1.54, 1.807) is 0 Å². The van der Waals surface area contributed by atoms with Crippen LogP contribution in [0.4, 0.5) is 0 Å². The first kappa shape index (κ1) is 14.8. The van der Waals surface area contributed by atoms with Gasteiger partial charge in [-0.2, -0.15) is 0 Å². The summed E-state index contributed by atoms with van der Waals surface area (Å²) in [7, 11) is 0. The van der Waals surface area contributed by atoms with Gasteiger partial charge in [-0.15, -0.1) is 0 Å². The van der Waals surface area contributed by atoms with Gasteiger partial charge in [0.05, 0.1) is 10.8 Å². The Balaban J connectivity index is 2.30. The summed E-state index contributed by atoms with van der Waals surface area (Å²) in [6, 6.07) is 9.61. The number of rotatable bonds is 2. The molecule has 1 aliphatic carbocycles. The van der Waals surface area contributed by atoms with E-state index >= 15 is 0 Å². The third-order valence-electron chi connectivity index (χ3n) is 4.09. The maximum absolute atomic E-state index is 12.3. The normalized spacial score (nSPS) is 26.6. The molecule has 1 aromatic rings. The largest absolute Gasteiger partial charge is 0.461 e. The Kier molecular flexibility index (Phi) is 3.72. The van der Waals surface area contributed by atoms with Crippen LogP contribution in [0.15, 0.2) is 30.3 Å². The van der Waals surface area contributed by atoms with Gasteiger partial charge in [0.2, 0.25) is 0 Å². The highest BCUT2D eigenvalue weighted by Crippen LogP contribution is 2.40. The minimum atomic E-state index is -0.720. The molecule has 2 atom stereocenters. The quantitative estimate of drug-likeness (QED) is 0.777. The summed E-state index contributed by atoms with van der Waals surface area (Å²) in [5.41, 5.74) is -0.347. The Morgan fingerprint density at radius 3 is 2.40 bits per heavy atom. The van der Waals surface area contributed by atoms with Gasteiger partial charge in [0, 0.05) is 6.42 Å². The van der Waals surface area contributed by atoms with E-state index in [1.807, 2.05) is 58.0 Å². The summed E-state index contributed by atoms with van der Waals surface area (Å²) >= 11 is 0.